The summed E-state index contributed by atoms with van der Waals surface area (Å²) >= 11 is -0.0397. The molecule has 280 valence electrons. The second kappa shape index (κ2) is 17.6. The highest BCUT2D eigenvalue weighted by Crippen LogP contribution is 2.39. The number of nitrogens with zero attached hydrogens (tertiary/aromatic N) is 3. The fourth-order valence-corrected chi connectivity index (χ4v) is 5.95. The zero-order valence-electron chi connectivity index (χ0n) is 31.1. The van der Waals surface area contributed by atoms with Gasteiger partial charge < -0.3 is 27.5 Å². The number of alkyl halides is 3. The molecule has 0 aliphatic rings. The van der Waals surface area contributed by atoms with Crippen LogP contribution in [-0.2, 0) is 17.3 Å². The van der Waals surface area contributed by atoms with E-state index in [0.717, 1.165) is 65.7 Å². The molecule has 2 aromatic heterocycles. The van der Waals surface area contributed by atoms with E-state index in [1.54, 1.807) is 16.7 Å². The van der Waals surface area contributed by atoms with Gasteiger partial charge >= 0.3 is 11.2 Å². The largest absolute Gasteiger partial charge is 0.446 e. The Balaban J connectivity index is 0.000000295. The van der Waals surface area contributed by atoms with Crippen molar-refractivity contribution in [2.75, 3.05) is 13.1 Å². The van der Waals surface area contributed by atoms with Crippen LogP contribution < -0.4 is 28.2 Å². The first-order valence-corrected chi connectivity index (χ1v) is 18.1. The molecule has 0 spiro atoms. The molecule has 13 heteroatoms. The van der Waals surface area contributed by atoms with E-state index in [2.05, 4.69) is 54.0 Å². The maximum absolute atomic E-state index is 12.6. The molecule has 2 aromatic carbocycles. The van der Waals surface area contributed by atoms with Gasteiger partial charge in [-0.25, -0.2) is 4.79 Å². The van der Waals surface area contributed by atoms with Crippen LogP contribution in [0.1, 0.15) is 103 Å². The Morgan fingerprint density at radius 2 is 1.65 bits per heavy atom. The molecule has 9 nitrogen and oxygen atoms in total. The van der Waals surface area contributed by atoms with E-state index < -0.39 is 5.51 Å². The van der Waals surface area contributed by atoms with Crippen molar-refractivity contribution < 1.29 is 13.2 Å². The van der Waals surface area contributed by atoms with Crippen LogP contribution in [0.4, 0.5) is 13.2 Å². The Labute approximate surface area is 304 Å². The van der Waals surface area contributed by atoms with Crippen molar-refractivity contribution in [3.63, 3.8) is 0 Å². The summed E-state index contributed by atoms with van der Waals surface area (Å²) in [5.41, 5.74) is 17.1. The summed E-state index contributed by atoms with van der Waals surface area (Å²) in [6.45, 7) is 17.9. The van der Waals surface area contributed by atoms with Gasteiger partial charge in [-0.05, 0) is 110 Å². The lowest BCUT2D eigenvalue weighted by Gasteiger charge is -2.21. The lowest BCUT2D eigenvalue weighted by Crippen LogP contribution is -2.24. The number of nitrogens with two attached hydrogens (primary N) is 3. The second-order valence-corrected chi connectivity index (χ2v) is 16.2. The summed E-state index contributed by atoms with van der Waals surface area (Å²) in [6, 6.07) is 15.6. The number of fused-ring (bicyclic) bond motifs is 1. The Hall–Kier alpha value is -3.81. The van der Waals surface area contributed by atoms with Crippen LogP contribution in [0.15, 0.2) is 69.4 Å². The number of guanidine groups is 1. The average molecular weight is 729 g/mol. The number of aromatic nitrogens is 3. The average Bonchev–Trinajstić information content (AvgIpc) is 3.43. The molecule has 0 aliphatic carbocycles. The quantitative estimate of drug-likeness (QED) is 0.0436. The first-order chi connectivity index (χ1) is 23.6. The van der Waals surface area contributed by atoms with E-state index in [4.69, 9.17) is 17.2 Å². The fourth-order valence-electron chi connectivity index (χ4n) is 5.29. The van der Waals surface area contributed by atoms with Crippen LogP contribution in [0.2, 0.25) is 0 Å². The third-order valence-corrected chi connectivity index (χ3v) is 8.96. The van der Waals surface area contributed by atoms with E-state index in [9.17, 15) is 18.0 Å². The molecule has 4 rings (SSSR count). The van der Waals surface area contributed by atoms with Gasteiger partial charge in [0.05, 0.1) is 5.69 Å². The second-order valence-electron chi connectivity index (χ2n) is 15.1. The van der Waals surface area contributed by atoms with Crippen molar-refractivity contribution in [1.82, 2.24) is 19.9 Å². The predicted molar refractivity (Wildman–Crippen MR) is 206 cm³/mol. The molecule has 51 heavy (non-hydrogen) atoms. The summed E-state index contributed by atoms with van der Waals surface area (Å²) in [6.07, 6.45) is 5.23. The zero-order valence-corrected chi connectivity index (χ0v) is 31.9. The van der Waals surface area contributed by atoms with Crippen molar-refractivity contribution >= 4 is 28.8 Å². The summed E-state index contributed by atoms with van der Waals surface area (Å²) in [7, 11) is 0. The predicted octanol–water partition coefficient (Wildman–Crippen LogP) is 7.59. The summed E-state index contributed by atoms with van der Waals surface area (Å²) in [5.74, 6) is 0.121. The van der Waals surface area contributed by atoms with Crippen molar-refractivity contribution in [3.8, 4) is 5.69 Å². The molecule has 0 amide bonds. The van der Waals surface area contributed by atoms with Crippen molar-refractivity contribution in [3.05, 3.63) is 87.6 Å². The molecule has 0 unspecified atom stereocenters. The number of aromatic amines is 1. The number of aliphatic imine (C=N–C) groups is 1. The van der Waals surface area contributed by atoms with E-state index >= 15 is 0 Å². The number of nitrogens with one attached hydrogen (secondary N) is 2. The van der Waals surface area contributed by atoms with Gasteiger partial charge in [-0.3, -0.25) is 9.56 Å². The molecule has 0 fully saturated rings. The minimum atomic E-state index is -4.25. The molecule has 4 aromatic rings. The SMILES string of the molecule is C[C@H](N)CCCc1cc(SC(F)(F)F)cc(C(C)(C)C)c1.C[C@H](NCCCN=C(N)N)c1ccc(-n2cc3cc(C(C)(C)C)[nH]c3nc2=O)cc1. The first-order valence-electron chi connectivity index (χ1n) is 17.3. The van der Waals surface area contributed by atoms with Crippen LogP contribution in [0, 0.1) is 0 Å². The van der Waals surface area contributed by atoms with Crippen LogP contribution in [0.5, 0.6) is 0 Å². The number of halogens is 3. The minimum absolute atomic E-state index is 0.0390. The van der Waals surface area contributed by atoms with Gasteiger partial charge in [-0.1, -0.05) is 59.7 Å². The van der Waals surface area contributed by atoms with Gasteiger partial charge in [0.1, 0.15) is 5.65 Å². The molecule has 2 heterocycles. The molecular formula is C38H55F3N8OS. The maximum atomic E-state index is 12.6. The standard InChI is InChI=1S/C22H31N7O.C16H24F3NS/c1-14(25-10-5-11-26-20(23)24)15-6-8-17(9-7-15)29-13-16-12-18(22(2,3)4)27-19(16)28-21(29)30;1-11(20)6-5-7-12-8-13(15(2,3)4)10-14(9-12)21-16(17,18)19/h6-9,12-14,25H,5,10-11H2,1-4H3,(H4,23,24,26)(H,27,28,30);8-11H,5-7,20H2,1-4H3/t14-;11-/m00/s1. The number of H-pyrrole nitrogens is 1. The number of hydrogen-bond acceptors (Lipinski definition) is 6. The Bertz CT molecular complexity index is 1800. The molecule has 0 saturated heterocycles. The zero-order chi connectivity index (χ0) is 38.1. The number of thioether (sulfide) groups is 1. The van der Waals surface area contributed by atoms with Crippen molar-refractivity contribution in [1.29, 1.82) is 0 Å². The van der Waals surface area contributed by atoms with Crippen LogP contribution >= 0.6 is 11.8 Å². The summed E-state index contributed by atoms with van der Waals surface area (Å²) in [5, 5.41) is 4.36. The molecule has 0 aliphatic heterocycles. The number of rotatable bonds is 12. The molecule has 0 bridgehead atoms. The number of aryl methyl sites for hydroxylation is 1. The van der Waals surface area contributed by atoms with Crippen molar-refractivity contribution in [2.45, 2.75) is 114 Å². The Kier molecular flexibility index (Phi) is 14.4. The van der Waals surface area contributed by atoms with Gasteiger partial charge in [-0.15, -0.1) is 0 Å². The third kappa shape index (κ3) is 13.7. The minimum Gasteiger partial charge on any atom is -0.370 e. The lowest BCUT2D eigenvalue weighted by atomic mass is 9.85. The van der Waals surface area contributed by atoms with Crippen molar-refractivity contribution in [2.24, 2.45) is 22.2 Å². The molecule has 0 saturated carbocycles. The number of benzene rings is 2. The highest BCUT2D eigenvalue weighted by atomic mass is 32.2. The maximum Gasteiger partial charge on any atom is 0.446 e. The molecule has 2 atom stereocenters. The molecule has 8 N–H and O–H groups in total. The molecular weight excluding hydrogens is 674 g/mol. The van der Waals surface area contributed by atoms with E-state index in [1.807, 2.05) is 64.2 Å². The summed E-state index contributed by atoms with van der Waals surface area (Å²) < 4.78 is 39.4. The van der Waals surface area contributed by atoms with Gasteiger partial charge in [-0.2, -0.15) is 18.2 Å². The fraction of sp³-hybridized carbons (Fsp3) is 0.500. The van der Waals surface area contributed by atoms with E-state index in [0.29, 0.717) is 12.2 Å². The summed E-state index contributed by atoms with van der Waals surface area (Å²) in [4.78, 5) is 24.3. The third-order valence-electron chi connectivity index (χ3n) is 8.26. The van der Waals surface area contributed by atoms with E-state index in [1.165, 1.54) is 0 Å². The monoisotopic (exact) mass is 728 g/mol. The van der Waals surface area contributed by atoms with Gasteiger partial charge in [0.15, 0.2) is 5.96 Å². The van der Waals surface area contributed by atoms with Crippen LogP contribution in [0.3, 0.4) is 0 Å². The van der Waals surface area contributed by atoms with Gasteiger partial charge in [0.2, 0.25) is 0 Å². The molecule has 0 radical (unpaired) electrons. The smallest absolute Gasteiger partial charge is 0.370 e. The van der Waals surface area contributed by atoms with E-state index in [-0.39, 0.29) is 51.2 Å². The highest BCUT2D eigenvalue weighted by molar-refractivity contribution is 8.00. The normalized spacial score (nSPS) is 13.4. The highest BCUT2D eigenvalue weighted by Gasteiger charge is 2.30. The van der Waals surface area contributed by atoms with Crippen LogP contribution in [0.25, 0.3) is 16.7 Å². The lowest BCUT2D eigenvalue weighted by molar-refractivity contribution is -0.0328. The van der Waals surface area contributed by atoms with Gasteiger partial charge in [0.25, 0.3) is 0 Å². The topological polar surface area (TPSA) is 153 Å². The van der Waals surface area contributed by atoms with Gasteiger partial charge in [0, 0.05) is 46.2 Å². The Morgan fingerprint density at radius 3 is 2.22 bits per heavy atom. The van der Waals surface area contributed by atoms with Crippen LogP contribution in [-0.4, -0.2) is 45.1 Å². The first kappa shape index (κ1) is 41.6. The Morgan fingerprint density at radius 1 is 0.980 bits per heavy atom. The number of hydrogen-bond donors (Lipinski definition) is 5.